The number of carbonyl (C=O) groups is 1. The third-order valence-electron chi connectivity index (χ3n) is 5.80. The Labute approximate surface area is 189 Å². The van der Waals surface area contributed by atoms with E-state index in [2.05, 4.69) is 16.8 Å². The average molecular weight is 460 g/mol. The molecule has 2 heterocycles. The molecule has 0 unspecified atom stereocenters. The SMILES string of the molecule is O=C(Oc1ccc(Cc2ccc(C(F)(F)F)cc2)cc1)N1CCC(Cc2ccsc2)CC1. The zero-order chi connectivity index (χ0) is 22.6. The van der Waals surface area contributed by atoms with Crippen molar-refractivity contribution < 1.29 is 22.7 Å². The third kappa shape index (κ3) is 5.91. The van der Waals surface area contributed by atoms with Gasteiger partial charge in [-0.25, -0.2) is 4.79 Å². The molecule has 0 atom stereocenters. The van der Waals surface area contributed by atoms with E-state index in [1.807, 2.05) is 12.1 Å². The lowest BCUT2D eigenvalue weighted by atomic mass is 9.91. The van der Waals surface area contributed by atoms with Gasteiger partial charge < -0.3 is 9.64 Å². The molecule has 0 N–H and O–H groups in total. The average Bonchev–Trinajstić information content (AvgIpc) is 3.28. The second kappa shape index (κ2) is 9.77. The van der Waals surface area contributed by atoms with Crippen molar-refractivity contribution >= 4 is 17.4 Å². The number of hydrogen-bond acceptors (Lipinski definition) is 3. The molecule has 1 aromatic heterocycles. The van der Waals surface area contributed by atoms with Crippen LogP contribution in [0.3, 0.4) is 0 Å². The number of likely N-dealkylation sites (tertiary alicyclic amines) is 1. The number of alkyl halides is 3. The monoisotopic (exact) mass is 459 g/mol. The fourth-order valence-corrected chi connectivity index (χ4v) is 4.63. The highest BCUT2D eigenvalue weighted by Gasteiger charge is 2.30. The Bertz CT molecular complexity index is 1010. The van der Waals surface area contributed by atoms with E-state index in [0.29, 0.717) is 31.2 Å². The Hall–Kier alpha value is -2.80. The van der Waals surface area contributed by atoms with Crippen molar-refractivity contribution in [3.63, 3.8) is 0 Å². The van der Waals surface area contributed by atoms with Crippen LogP contribution in [0.1, 0.15) is 35.1 Å². The molecule has 2 aromatic carbocycles. The maximum atomic E-state index is 12.7. The molecule has 1 amide bonds. The van der Waals surface area contributed by atoms with Crippen molar-refractivity contribution in [2.24, 2.45) is 5.92 Å². The normalized spacial score (nSPS) is 15.0. The summed E-state index contributed by atoms with van der Waals surface area (Å²) in [6.45, 7) is 1.39. The first-order valence-electron chi connectivity index (χ1n) is 10.6. The van der Waals surface area contributed by atoms with Crippen molar-refractivity contribution in [2.45, 2.75) is 31.9 Å². The van der Waals surface area contributed by atoms with Crippen molar-refractivity contribution in [1.29, 1.82) is 0 Å². The molecule has 3 nitrogen and oxygen atoms in total. The van der Waals surface area contributed by atoms with E-state index in [1.54, 1.807) is 28.4 Å². The zero-order valence-electron chi connectivity index (χ0n) is 17.5. The molecule has 0 spiro atoms. The molecule has 32 heavy (non-hydrogen) atoms. The summed E-state index contributed by atoms with van der Waals surface area (Å²) in [6, 6.07) is 14.4. The topological polar surface area (TPSA) is 29.5 Å². The number of amides is 1. The lowest BCUT2D eigenvalue weighted by Gasteiger charge is -2.31. The van der Waals surface area contributed by atoms with Crippen LogP contribution in [0.15, 0.2) is 65.4 Å². The number of benzene rings is 2. The molecule has 0 bridgehead atoms. The Morgan fingerprint density at radius 1 is 0.938 bits per heavy atom. The van der Waals surface area contributed by atoms with E-state index in [-0.39, 0.29) is 6.09 Å². The smallest absolute Gasteiger partial charge is 0.410 e. The van der Waals surface area contributed by atoms with Crippen LogP contribution in [0.2, 0.25) is 0 Å². The van der Waals surface area contributed by atoms with Gasteiger partial charge in [-0.15, -0.1) is 0 Å². The molecule has 0 aliphatic carbocycles. The zero-order valence-corrected chi connectivity index (χ0v) is 18.3. The quantitative estimate of drug-likeness (QED) is 0.419. The summed E-state index contributed by atoms with van der Waals surface area (Å²) in [5.74, 6) is 1.06. The molecule has 7 heteroatoms. The number of piperidine rings is 1. The highest BCUT2D eigenvalue weighted by molar-refractivity contribution is 7.07. The molecule has 3 aromatic rings. The summed E-state index contributed by atoms with van der Waals surface area (Å²) in [5, 5.41) is 4.28. The predicted molar refractivity (Wildman–Crippen MR) is 119 cm³/mol. The first-order chi connectivity index (χ1) is 15.4. The second-order valence-electron chi connectivity index (χ2n) is 8.15. The van der Waals surface area contributed by atoms with Crippen LogP contribution in [0.5, 0.6) is 5.75 Å². The summed E-state index contributed by atoms with van der Waals surface area (Å²) in [7, 11) is 0. The fraction of sp³-hybridized carbons (Fsp3) is 0.320. The number of ether oxygens (including phenoxy) is 1. The molecule has 1 aliphatic rings. The van der Waals surface area contributed by atoms with E-state index in [9.17, 15) is 18.0 Å². The fourth-order valence-electron chi connectivity index (χ4n) is 3.95. The van der Waals surface area contributed by atoms with Crippen LogP contribution >= 0.6 is 11.3 Å². The van der Waals surface area contributed by atoms with Crippen molar-refractivity contribution in [2.75, 3.05) is 13.1 Å². The number of hydrogen-bond donors (Lipinski definition) is 0. The van der Waals surface area contributed by atoms with E-state index >= 15 is 0 Å². The molecule has 1 aliphatic heterocycles. The van der Waals surface area contributed by atoms with E-state index in [1.165, 1.54) is 17.7 Å². The number of carbonyl (C=O) groups excluding carboxylic acids is 1. The standard InChI is InChI=1S/C25H24F3NO2S/c26-25(27,28)22-5-1-18(2-6-22)15-19-3-7-23(8-4-19)31-24(30)29-12-9-20(10-13-29)16-21-11-14-32-17-21/h1-8,11,14,17,20H,9-10,12-13,15-16H2. The van der Waals surface area contributed by atoms with Gasteiger partial charge >= 0.3 is 12.3 Å². The van der Waals surface area contributed by atoms with Crippen LogP contribution in [0.4, 0.5) is 18.0 Å². The Kier molecular flexibility index (Phi) is 6.84. The number of halogens is 3. The van der Waals surface area contributed by atoms with Gasteiger partial charge in [-0.05, 0) is 89.4 Å². The minimum Gasteiger partial charge on any atom is -0.410 e. The largest absolute Gasteiger partial charge is 0.416 e. The summed E-state index contributed by atoms with van der Waals surface area (Å²) in [5.41, 5.74) is 2.43. The number of thiophene rings is 1. The van der Waals surface area contributed by atoms with E-state index in [4.69, 9.17) is 4.74 Å². The van der Waals surface area contributed by atoms with Gasteiger partial charge in [0.15, 0.2) is 0 Å². The third-order valence-corrected chi connectivity index (χ3v) is 6.53. The molecular weight excluding hydrogens is 435 g/mol. The molecular formula is C25H24F3NO2S. The molecule has 1 fully saturated rings. The van der Waals surface area contributed by atoms with Crippen LogP contribution in [-0.2, 0) is 19.0 Å². The van der Waals surface area contributed by atoms with Crippen LogP contribution in [0, 0.1) is 5.92 Å². The van der Waals surface area contributed by atoms with Gasteiger partial charge in [0.05, 0.1) is 5.56 Å². The van der Waals surface area contributed by atoms with Crippen molar-refractivity contribution in [3.05, 3.63) is 87.6 Å². The minimum atomic E-state index is -4.33. The lowest BCUT2D eigenvalue weighted by molar-refractivity contribution is -0.137. The van der Waals surface area contributed by atoms with Crippen molar-refractivity contribution in [1.82, 2.24) is 4.90 Å². The maximum Gasteiger partial charge on any atom is 0.416 e. The first kappa shape index (κ1) is 22.4. The summed E-state index contributed by atoms with van der Waals surface area (Å²) < 4.78 is 43.6. The van der Waals surface area contributed by atoms with Gasteiger partial charge in [0.25, 0.3) is 0 Å². The lowest BCUT2D eigenvalue weighted by Crippen LogP contribution is -2.40. The van der Waals surface area contributed by atoms with Gasteiger partial charge in [0.1, 0.15) is 5.75 Å². The highest BCUT2D eigenvalue weighted by atomic mass is 32.1. The van der Waals surface area contributed by atoms with E-state index < -0.39 is 11.7 Å². The Balaban J connectivity index is 1.26. The van der Waals surface area contributed by atoms with Gasteiger partial charge in [0, 0.05) is 13.1 Å². The van der Waals surface area contributed by atoms with Gasteiger partial charge in [-0.1, -0.05) is 24.3 Å². The second-order valence-corrected chi connectivity index (χ2v) is 8.93. The van der Waals surface area contributed by atoms with Crippen LogP contribution in [-0.4, -0.2) is 24.1 Å². The highest BCUT2D eigenvalue weighted by Crippen LogP contribution is 2.29. The predicted octanol–water partition coefficient (Wildman–Crippen LogP) is 6.81. The van der Waals surface area contributed by atoms with Gasteiger partial charge in [0.2, 0.25) is 0 Å². The summed E-state index contributed by atoms with van der Waals surface area (Å²) >= 11 is 1.71. The van der Waals surface area contributed by atoms with Gasteiger partial charge in [-0.3, -0.25) is 0 Å². The number of rotatable bonds is 5. The Morgan fingerprint density at radius 3 is 2.12 bits per heavy atom. The number of nitrogens with zero attached hydrogens (tertiary/aromatic N) is 1. The molecule has 1 saturated heterocycles. The maximum absolute atomic E-state index is 12.7. The van der Waals surface area contributed by atoms with E-state index in [0.717, 1.165) is 42.5 Å². The summed E-state index contributed by atoms with van der Waals surface area (Å²) in [4.78, 5) is 14.2. The molecule has 0 saturated carbocycles. The van der Waals surface area contributed by atoms with Crippen LogP contribution < -0.4 is 4.74 Å². The Morgan fingerprint density at radius 2 is 1.56 bits per heavy atom. The first-order valence-corrected chi connectivity index (χ1v) is 11.5. The van der Waals surface area contributed by atoms with Gasteiger partial charge in [-0.2, -0.15) is 24.5 Å². The molecule has 168 valence electrons. The molecule has 4 rings (SSSR count). The van der Waals surface area contributed by atoms with Crippen molar-refractivity contribution in [3.8, 4) is 5.75 Å². The molecule has 0 radical (unpaired) electrons. The van der Waals surface area contributed by atoms with Crippen LogP contribution in [0.25, 0.3) is 0 Å². The summed E-state index contributed by atoms with van der Waals surface area (Å²) in [6.07, 6.45) is -1.16. The minimum absolute atomic E-state index is 0.338.